The molecule has 0 spiro atoms. The van der Waals surface area contributed by atoms with E-state index in [-0.39, 0.29) is 5.54 Å². The first-order valence-corrected chi connectivity index (χ1v) is 6.55. The zero-order chi connectivity index (χ0) is 12.5. The molecule has 1 aromatic rings. The summed E-state index contributed by atoms with van der Waals surface area (Å²) in [6.07, 6.45) is 2.42. The van der Waals surface area contributed by atoms with E-state index in [0.717, 1.165) is 6.54 Å². The maximum atomic E-state index is 3.63. The van der Waals surface area contributed by atoms with Crippen molar-refractivity contribution in [3.05, 3.63) is 29.3 Å². The van der Waals surface area contributed by atoms with E-state index in [1.165, 1.54) is 29.7 Å². The lowest BCUT2D eigenvalue weighted by Gasteiger charge is -2.30. The number of benzene rings is 1. The summed E-state index contributed by atoms with van der Waals surface area (Å²) in [5.41, 5.74) is 4.35. The maximum Gasteiger partial charge on any atom is 0.0389 e. The molecule has 94 valence electrons. The van der Waals surface area contributed by atoms with Crippen molar-refractivity contribution in [3.63, 3.8) is 0 Å². The number of rotatable bonds is 2. The SMILES string of the molecule is Cc1ccc2c(c1)CCC(CNC(C)(C)C)N2. The highest BCUT2D eigenvalue weighted by Gasteiger charge is 2.19. The first kappa shape index (κ1) is 12.4. The zero-order valence-corrected chi connectivity index (χ0v) is 11.4. The van der Waals surface area contributed by atoms with Crippen molar-refractivity contribution in [2.24, 2.45) is 0 Å². The summed E-state index contributed by atoms with van der Waals surface area (Å²) in [5.74, 6) is 0. The fraction of sp³-hybridized carbons (Fsp3) is 0.600. The molecule has 2 N–H and O–H groups in total. The molecule has 1 aromatic carbocycles. The minimum atomic E-state index is 0.204. The molecule has 0 amide bonds. The molecular formula is C15H24N2. The van der Waals surface area contributed by atoms with E-state index in [9.17, 15) is 0 Å². The van der Waals surface area contributed by atoms with Crippen molar-refractivity contribution in [1.82, 2.24) is 5.32 Å². The van der Waals surface area contributed by atoms with Gasteiger partial charge in [-0.25, -0.2) is 0 Å². The van der Waals surface area contributed by atoms with Gasteiger partial charge in [0.25, 0.3) is 0 Å². The standard InChI is InChI=1S/C15H24N2/c1-11-5-8-14-12(9-11)6-7-13(17-14)10-16-15(2,3)4/h5,8-9,13,16-17H,6-7,10H2,1-4H3. The van der Waals surface area contributed by atoms with Gasteiger partial charge in [0, 0.05) is 23.8 Å². The van der Waals surface area contributed by atoms with E-state index >= 15 is 0 Å². The third-order valence-corrected chi connectivity index (χ3v) is 3.26. The number of anilines is 1. The van der Waals surface area contributed by atoms with Crippen LogP contribution in [0.1, 0.15) is 38.3 Å². The third kappa shape index (κ3) is 3.47. The van der Waals surface area contributed by atoms with Crippen molar-refractivity contribution in [3.8, 4) is 0 Å². The van der Waals surface area contributed by atoms with Crippen LogP contribution >= 0.6 is 0 Å². The minimum Gasteiger partial charge on any atom is -0.381 e. The van der Waals surface area contributed by atoms with Gasteiger partial charge >= 0.3 is 0 Å². The summed E-state index contributed by atoms with van der Waals surface area (Å²) in [5, 5.41) is 7.21. The third-order valence-electron chi connectivity index (χ3n) is 3.26. The molecule has 0 fully saturated rings. The Bertz CT molecular complexity index is 390. The first-order valence-electron chi connectivity index (χ1n) is 6.55. The second kappa shape index (κ2) is 4.69. The topological polar surface area (TPSA) is 24.1 Å². The molecule has 2 rings (SSSR count). The number of hydrogen-bond donors (Lipinski definition) is 2. The first-order chi connectivity index (χ1) is 7.94. The van der Waals surface area contributed by atoms with Crippen LogP contribution in [0.3, 0.4) is 0 Å². The molecule has 0 radical (unpaired) electrons. The highest BCUT2D eigenvalue weighted by atomic mass is 15.0. The van der Waals surface area contributed by atoms with Crippen LogP contribution in [0.15, 0.2) is 18.2 Å². The van der Waals surface area contributed by atoms with E-state index in [2.05, 4.69) is 56.5 Å². The Morgan fingerprint density at radius 3 is 2.82 bits per heavy atom. The molecule has 0 aromatic heterocycles. The van der Waals surface area contributed by atoms with Gasteiger partial charge in [0.05, 0.1) is 0 Å². The summed E-state index contributed by atoms with van der Waals surface area (Å²) in [7, 11) is 0. The number of nitrogens with one attached hydrogen (secondary N) is 2. The van der Waals surface area contributed by atoms with Gasteiger partial charge in [-0.1, -0.05) is 17.7 Å². The summed E-state index contributed by atoms with van der Waals surface area (Å²) < 4.78 is 0. The van der Waals surface area contributed by atoms with Crippen LogP contribution in [-0.4, -0.2) is 18.1 Å². The Hall–Kier alpha value is -1.02. The van der Waals surface area contributed by atoms with Crippen molar-refractivity contribution < 1.29 is 0 Å². The Balaban J connectivity index is 1.97. The molecule has 2 heteroatoms. The Labute approximate surface area is 105 Å². The molecule has 1 aliphatic heterocycles. The molecule has 0 saturated heterocycles. The van der Waals surface area contributed by atoms with Gasteiger partial charge in [0.1, 0.15) is 0 Å². The maximum absolute atomic E-state index is 3.63. The van der Waals surface area contributed by atoms with E-state index in [0.29, 0.717) is 6.04 Å². The normalized spacial score (nSPS) is 19.6. The predicted octanol–water partition coefficient (Wildman–Crippen LogP) is 3.11. The molecular weight excluding hydrogens is 208 g/mol. The van der Waals surface area contributed by atoms with Gasteiger partial charge in [0.15, 0.2) is 0 Å². The van der Waals surface area contributed by atoms with Gasteiger partial charge in [-0.3, -0.25) is 0 Å². The lowest BCUT2D eigenvalue weighted by Crippen LogP contribution is -2.44. The smallest absolute Gasteiger partial charge is 0.0389 e. The molecule has 2 nitrogen and oxygen atoms in total. The zero-order valence-electron chi connectivity index (χ0n) is 11.4. The quantitative estimate of drug-likeness (QED) is 0.818. The Morgan fingerprint density at radius 1 is 1.35 bits per heavy atom. The monoisotopic (exact) mass is 232 g/mol. The van der Waals surface area contributed by atoms with Crippen LogP contribution in [0.2, 0.25) is 0 Å². The molecule has 1 atom stereocenters. The van der Waals surface area contributed by atoms with Crippen molar-refractivity contribution in [2.45, 2.75) is 52.1 Å². The van der Waals surface area contributed by atoms with Crippen LogP contribution in [-0.2, 0) is 6.42 Å². The van der Waals surface area contributed by atoms with E-state index in [1.807, 2.05) is 0 Å². The molecule has 0 aliphatic carbocycles. The molecule has 1 unspecified atom stereocenters. The van der Waals surface area contributed by atoms with Gasteiger partial charge in [-0.15, -0.1) is 0 Å². The summed E-state index contributed by atoms with van der Waals surface area (Å²) in [6.45, 7) is 9.84. The number of hydrogen-bond acceptors (Lipinski definition) is 2. The van der Waals surface area contributed by atoms with Gasteiger partial charge in [-0.2, -0.15) is 0 Å². The average molecular weight is 232 g/mol. The number of aryl methyl sites for hydroxylation is 2. The molecule has 0 bridgehead atoms. The Morgan fingerprint density at radius 2 is 2.12 bits per heavy atom. The molecule has 0 saturated carbocycles. The second-order valence-electron chi connectivity index (χ2n) is 6.17. The number of fused-ring (bicyclic) bond motifs is 1. The predicted molar refractivity (Wildman–Crippen MR) is 74.7 cm³/mol. The van der Waals surface area contributed by atoms with Crippen LogP contribution < -0.4 is 10.6 Å². The largest absolute Gasteiger partial charge is 0.381 e. The Kier molecular flexibility index (Phi) is 3.43. The van der Waals surface area contributed by atoms with Crippen molar-refractivity contribution >= 4 is 5.69 Å². The highest BCUT2D eigenvalue weighted by Crippen LogP contribution is 2.25. The minimum absolute atomic E-state index is 0.204. The fourth-order valence-corrected chi connectivity index (χ4v) is 2.27. The van der Waals surface area contributed by atoms with Gasteiger partial charge in [-0.05, 0) is 52.2 Å². The highest BCUT2D eigenvalue weighted by molar-refractivity contribution is 5.55. The van der Waals surface area contributed by atoms with E-state index in [1.54, 1.807) is 0 Å². The van der Waals surface area contributed by atoms with E-state index < -0.39 is 0 Å². The second-order valence-corrected chi connectivity index (χ2v) is 6.17. The summed E-state index contributed by atoms with van der Waals surface area (Å²) >= 11 is 0. The summed E-state index contributed by atoms with van der Waals surface area (Å²) in [4.78, 5) is 0. The lowest BCUT2D eigenvalue weighted by atomic mass is 9.96. The van der Waals surface area contributed by atoms with Crippen molar-refractivity contribution in [2.75, 3.05) is 11.9 Å². The van der Waals surface area contributed by atoms with E-state index in [4.69, 9.17) is 0 Å². The summed E-state index contributed by atoms with van der Waals surface area (Å²) in [6, 6.07) is 7.26. The van der Waals surface area contributed by atoms with Crippen LogP contribution in [0.5, 0.6) is 0 Å². The molecule has 17 heavy (non-hydrogen) atoms. The van der Waals surface area contributed by atoms with Gasteiger partial charge < -0.3 is 10.6 Å². The molecule has 1 aliphatic rings. The van der Waals surface area contributed by atoms with Crippen molar-refractivity contribution in [1.29, 1.82) is 0 Å². The average Bonchev–Trinajstić information content (AvgIpc) is 2.25. The van der Waals surface area contributed by atoms with Crippen LogP contribution in [0, 0.1) is 6.92 Å². The van der Waals surface area contributed by atoms with Gasteiger partial charge in [0.2, 0.25) is 0 Å². The fourth-order valence-electron chi connectivity index (χ4n) is 2.27. The lowest BCUT2D eigenvalue weighted by molar-refractivity contribution is 0.404. The van der Waals surface area contributed by atoms with Crippen LogP contribution in [0.25, 0.3) is 0 Å². The van der Waals surface area contributed by atoms with Crippen LogP contribution in [0.4, 0.5) is 5.69 Å². The molecule has 1 heterocycles.